The first-order chi connectivity index (χ1) is 10.2. The fraction of sp³-hybridized carbons (Fsp3) is 0.278. The third-order valence-electron chi connectivity index (χ3n) is 3.55. The maximum absolute atomic E-state index is 13.6. The van der Waals surface area contributed by atoms with E-state index in [-0.39, 0.29) is 11.9 Å². The second-order valence-corrected chi connectivity index (χ2v) is 8.04. The van der Waals surface area contributed by atoms with Crippen molar-refractivity contribution in [2.45, 2.75) is 26.2 Å². The molecular weight excluding hydrogens is 279 g/mol. The molecule has 0 atom stereocenters. The van der Waals surface area contributed by atoms with Crippen LogP contribution in [-0.4, -0.2) is 11.9 Å². The molecule has 0 amide bonds. The second-order valence-electron chi connectivity index (χ2n) is 5.21. The van der Waals surface area contributed by atoms with E-state index in [1.165, 1.54) is 0 Å². The monoisotopic (exact) mass is 300 g/mol. The number of carbonyl (C=O) groups excluding carboxylic acids is 1. The molecule has 2 aromatic rings. The third kappa shape index (κ3) is 3.92. The van der Waals surface area contributed by atoms with Crippen LogP contribution in [0.4, 0.5) is 0 Å². The Morgan fingerprint density at radius 1 is 0.905 bits per heavy atom. The quantitative estimate of drug-likeness (QED) is 0.730. The predicted molar refractivity (Wildman–Crippen MR) is 89.2 cm³/mol. The second kappa shape index (κ2) is 7.38. The molecule has 2 nitrogen and oxygen atoms in total. The van der Waals surface area contributed by atoms with Crippen LogP contribution in [0, 0.1) is 0 Å². The van der Waals surface area contributed by atoms with Gasteiger partial charge in [0.15, 0.2) is 0 Å². The lowest BCUT2D eigenvalue weighted by atomic mass is 10.2. The van der Waals surface area contributed by atoms with Crippen LogP contribution < -0.4 is 10.6 Å². The normalized spacial score (nSPS) is 11.3. The van der Waals surface area contributed by atoms with Gasteiger partial charge in [0.1, 0.15) is 12.9 Å². The molecule has 0 saturated heterocycles. The molecule has 0 N–H and O–H groups in total. The molecular formula is C18H21O2P. The van der Waals surface area contributed by atoms with Crippen molar-refractivity contribution < 1.29 is 9.36 Å². The molecule has 0 aliphatic carbocycles. The van der Waals surface area contributed by atoms with E-state index in [2.05, 4.69) is 6.92 Å². The molecule has 0 unspecified atom stereocenters. The third-order valence-corrected chi connectivity index (χ3v) is 6.62. The van der Waals surface area contributed by atoms with E-state index in [0.29, 0.717) is 6.42 Å². The number of hydrogen-bond acceptors (Lipinski definition) is 2. The fourth-order valence-electron chi connectivity index (χ4n) is 2.37. The number of carbonyl (C=O) groups is 1. The van der Waals surface area contributed by atoms with Gasteiger partial charge in [-0.2, -0.15) is 0 Å². The maximum Gasteiger partial charge on any atom is 0.150 e. The van der Waals surface area contributed by atoms with E-state index in [1.807, 2.05) is 60.7 Å². The number of unbranched alkanes of at least 4 members (excludes halogenated alkanes) is 1. The van der Waals surface area contributed by atoms with Crippen LogP contribution in [0.2, 0.25) is 0 Å². The molecule has 21 heavy (non-hydrogen) atoms. The SMILES string of the molecule is CCCCC(=O)CP(=O)(c1ccccc1)c1ccccc1. The zero-order valence-electron chi connectivity index (χ0n) is 12.4. The molecule has 0 aromatic heterocycles. The van der Waals surface area contributed by atoms with Crippen molar-refractivity contribution >= 4 is 23.5 Å². The lowest BCUT2D eigenvalue weighted by Crippen LogP contribution is -2.22. The summed E-state index contributed by atoms with van der Waals surface area (Å²) in [6.45, 7) is 2.06. The minimum atomic E-state index is -2.87. The van der Waals surface area contributed by atoms with Crippen molar-refractivity contribution in [3.63, 3.8) is 0 Å². The number of benzene rings is 2. The molecule has 0 spiro atoms. The van der Waals surface area contributed by atoms with Crippen LogP contribution in [0.1, 0.15) is 26.2 Å². The van der Waals surface area contributed by atoms with E-state index in [4.69, 9.17) is 0 Å². The zero-order valence-corrected chi connectivity index (χ0v) is 13.3. The Morgan fingerprint density at radius 3 is 1.81 bits per heavy atom. The Labute approximate surface area is 126 Å². The van der Waals surface area contributed by atoms with Gasteiger partial charge in [-0.3, -0.25) is 4.79 Å². The molecule has 0 saturated carbocycles. The number of rotatable bonds is 7. The molecule has 0 aliphatic heterocycles. The average Bonchev–Trinajstić information content (AvgIpc) is 2.54. The van der Waals surface area contributed by atoms with Crippen molar-refractivity contribution in [3.05, 3.63) is 60.7 Å². The Bertz CT molecular complexity index is 577. The van der Waals surface area contributed by atoms with Crippen LogP contribution >= 0.6 is 7.14 Å². The first-order valence-corrected chi connectivity index (χ1v) is 9.28. The number of hydrogen-bond donors (Lipinski definition) is 0. The summed E-state index contributed by atoms with van der Waals surface area (Å²) in [4.78, 5) is 12.2. The van der Waals surface area contributed by atoms with Crippen LogP contribution in [0.3, 0.4) is 0 Å². The van der Waals surface area contributed by atoms with E-state index >= 15 is 0 Å². The predicted octanol–water partition coefficient (Wildman–Crippen LogP) is 3.76. The minimum Gasteiger partial charge on any atom is -0.313 e. The van der Waals surface area contributed by atoms with Gasteiger partial charge >= 0.3 is 0 Å². The van der Waals surface area contributed by atoms with Crippen LogP contribution in [0.15, 0.2) is 60.7 Å². The van der Waals surface area contributed by atoms with Gasteiger partial charge in [-0.05, 0) is 6.42 Å². The molecule has 3 heteroatoms. The summed E-state index contributed by atoms with van der Waals surface area (Å²) in [6.07, 6.45) is 2.48. The molecule has 2 aromatic carbocycles. The molecule has 0 aliphatic rings. The Kier molecular flexibility index (Phi) is 5.52. The standard InChI is InChI=1S/C18H21O2P/c1-2-3-10-16(19)15-21(20,17-11-6-4-7-12-17)18-13-8-5-9-14-18/h4-9,11-14H,2-3,10,15H2,1H3. The largest absolute Gasteiger partial charge is 0.313 e. The summed E-state index contributed by atoms with van der Waals surface area (Å²) < 4.78 is 13.6. The summed E-state index contributed by atoms with van der Waals surface area (Å²) in [5.74, 6) is 0.0906. The number of Topliss-reactive ketones (excluding diaryl/α,β-unsaturated/α-hetero) is 1. The summed E-state index contributed by atoms with van der Waals surface area (Å²) in [5, 5.41) is 1.53. The van der Waals surface area contributed by atoms with Crippen molar-refractivity contribution in [1.82, 2.24) is 0 Å². The van der Waals surface area contributed by atoms with Crippen molar-refractivity contribution in [2.24, 2.45) is 0 Å². The zero-order chi connectivity index (χ0) is 15.1. The topological polar surface area (TPSA) is 34.1 Å². The van der Waals surface area contributed by atoms with E-state index in [9.17, 15) is 9.36 Å². The van der Waals surface area contributed by atoms with Crippen LogP contribution in [-0.2, 0) is 9.36 Å². The molecule has 110 valence electrons. The van der Waals surface area contributed by atoms with Crippen molar-refractivity contribution in [2.75, 3.05) is 6.16 Å². The van der Waals surface area contributed by atoms with E-state index in [1.54, 1.807) is 0 Å². The highest BCUT2D eigenvalue weighted by Crippen LogP contribution is 2.43. The van der Waals surface area contributed by atoms with Gasteiger partial charge in [-0.15, -0.1) is 0 Å². The summed E-state index contributed by atoms with van der Waals surface area (Å²) in [5.41, 5.74) is 0. The molecule has 2 rings (SSSR count). The fourth-order valence-corrected chi connectivity index (χ4v) is 5.00. The van der Waals surface area contributed by atoms with Gasteiger partial charge in [-0.1, -0.05) is 74.0 Å². The van der Waals surface area contributed by atoms with E-state index in [0.717, 1.165) is 23.5 Å². The smallest absolute Gasteiger partial charge is 0.150 e. The van der Waals surface area contributed by atoms with Gasteiger partial charge in [0.25, 0.3) is 0 Å². The van der Waals surface area contributed by atoms with E-state index < -0.39 is 7.14 Å². The number of ketones is 1. The van der Waals surface area contributed by atoms with Crippen molar-refractivity contribution in [1.29, 1.82) is 0 Å². The lowest BCUT2D eigenvalue weighted by Gasteiger charge is -2.18. The molecule has 0 fully saturated rings. The molecule has 0 radical (unpaired) electrons. The average molecular weight is 300 g/mol. The first kappa shape index (κ1) is 15.7. The van der Waals surface area contributed by atoms with Gasteiger partial charge in [0.05, 0.1) is 6.16 Å². The van der Waals surface area contributed by atoms with Gasteiger partial charge in [-0.25, -0.2) is 0 Å². The Balaban J connectivity index is 2.36. The Hall–Kier alpha value is -1.66. The molecule has 0 bridgehead atoms. The van der Waals surface area contributed by atoms with Gasteiger partial charge in [0, 0.05) is 17.0 Å². The van der Waals surface area contributed by atoms with Crippen LogP contribution in [0.25, 0.3) is 0 Å². The highest BCUT2D eigenvalue weighted by atomic mass is 31.2. The highest BCUT2D eigenvalue weighted by molar-refractivity contribution is 7.79. The summed E-state index contributed by atoms with van der Waals surface area (Å²) in [7, 11) is -2.87. The summed E-state index contributed by atoms with van der Waals surface area (Å²) >= 11 is 0. The van der Waals surface area contributed by atoms with Crippen LogP contribution in [0.5, 0.6) is 0 Å². The lowest BCUT2D eigenvalue weighted by molar-refractivity contribution is -0.116. The first-order valence-electron chi connectivity index (χ1n) is 7.39. The van der Waals surface area contributed by atoms with Gasteiger partial charge in [0.2, 0.25) is 0 Å². The van der Waals surface area contributed by atoms with Gasteiger partial charge < -0.3 is 4.57 Å². The maximum atomic E-state index is 13.6. The van der Waals surface area contributed by atoms with Crippen molar-refractivity contribution in [3.8, 4) is 0 Å². The molecule has 0 heterocycles. The highest BCUT2D eigenvalue weighted by Gasteiger charge is 2.29. The summed E-state index contributed by atoms with van der Waals surface area (Å²) in [6, 6.07) is 18.8. The Morgan fingerprint density at radius 2 is 1.38 bits per heavy atom. The minimum absolute atomic E-state index is 0.0906.